The van der Waals surface area contributed by atoms with Crippen LogP contribution in [0.15, 0.2) is 48.7 Å². The molecular formula is C17H19N3O2. The highest BCUT2D eigenvalue weighted by atomic mass is 16.5. The van der Waals surface area contributed by atoms with Crippen molar-refractivity contribution in [2.45, 2.75) is 18.9 Å². The highest BCUT2D eigenvalue weighted by Gasteiger charge is 2.17. The molecule has 1 aromatic heterocycles. The van der Waals surface area contributed by atoms with Gasteiger partial charge in [-0.3, -0.25) is 9.78 Å². The van der Waals surface area contributed by atoms with Crippen molar-refractivity contribution in [3.63, 3.8) is 0 Å². The molecule has 0 unspecified atom stereocenters. The highest BCUT2D eigenvalue weighted by Crippen LogP contribution is 2.20. The standard InChI is InChI=1S/C17H19N3O2/c21-17(20-13-6-9-18-10-7-13)16-12-15(8-11-19-16)22-14-4-2-1-3-5-14/h1-5,8,11-13,18H,6-7,9-10H2,(H,20,21). The molecule has 2 aromatic rings. The van der Waals surface area contributed by atoms with Crippen molar-refractivity contribution < 1.29 is 9.53 Å². The molecule has 1 fully saturated rings. The van der Waals surface area contributed by atoms with E-state index in [1.165, 1.54) is 0 Å². The number of pyridine rings is 1. The number of hydrogen-bond donors (Lipinski definition) is 2. The number of aromatic nitrogens is 1. The Kier molecular flexibility index (Phi) is 4.65. The summed E-state index contributed by atoms with van der Waals surface area (Å²) in [6, 6.07) is 13.1. The second kappa shape index (κ2) is 7.04. The first-order valence-electron chi connectivity index (χ1n) is 7.52. The molecule has 1 aliphatic rings. The normalized spacial score (nSPS) is 15.3. The number of piperidine rings is 1. The molecule has 1 amide bonds. The van der Waals surface area contributed by atoms with Crippen LogP contribution in [0.2, 0.25) is 0 Å². The minimum Gasteiger partial charge on any atom is -0.457 e. The Hall–Kier alpha value is -2.40. The summed E-state index contributed by atoms with van der Waals surface area (Å²) in [6.07, 6.45) is 3.49. The van der Waals surface area contributed by atoms with Gasteiger partial charge in [0.05, 0.1) is 0 Å². The molecule has 22 heavy (non-hydrogen) atoms. The molecule has 3 rings (SSSR count). The van der Waals surface area contributed by atoms with Crippen molar-refractivity contribution in [1.82, 2.24) is 15.6 Å². The number of carbonyl (C=O) groups is 1. The summed E-state index contributed by atoms with van der Waals surface area (Å²) in [4.78, 5) is 16.4. The molecule has 0 spiro atoms. The van der Waals surface area contributed by atoms with E-state index in [4.69, 9.17) is 4.74 Å². The first kappa shape index (κ1) is 14.5. The van der Waals surface area contributed by atoms with Gasteiger partial charge in [0.2, 0.25) is 0 Å². The molecule has 1 saturated heterocycles. The lowest BCUT2D eigenvalue weighted by Gasteiger charge is -2.23. The van der Waals surface area contributed by atoms with Crippen LogP contribution in [0.1, 0.15) is 23.3 Å². The highest BCUT2D eigenvalue weighted by molar-refractivity contribution is 5.92. The maximum atomic E-state index is 12.3. The summed E-state index contributed by atoms with van der Waals surface area (Å²) in [7, 11) is 0. The SMILES string of the molecule is O=C(NC1CCNCC1)c1cc(Oc2ccccc2)ccn1. The molecule has 0 aliphatic carbocycles. The van der Waals surface area contributed by atoms with Crippen LogP contribution in [-0.4, -0.2) is 30.0 Å². The number of rotatable bonds is 4. The molecule has 0 bridgehead atoms. The Labute approximate surface area is 129 Å². The van der Waals surface area contributed by atoms with Gasteiger partial charge < -0.3 is 15.4 Å². The van der Waals surface area contributed by atoms with E-state index in [1.54, 1.807) is 18.3 Å². The van der Waals surface area contributed by atoms with Gasteiger partial charge in [0.1, 0.15) is 17.2 Å². The summed E-state index contributed by atoms with van der Waals surface area (Å²) >= 11 is 0. The third kappa shape index (κ3) is 3.83. The van der Waals surface area contributed by atoms with Gasteiger partial charge in [0, 0.05) is 18.3 Å². The molecule has 1 aromatic carbocycles. The van der Waals surface area contributed by atoms with Gasteiger partial charge in [-0.1, -0.05) is 18.2 Å². The summed E-state index contributed by atoms with van der Waals surface area (Å²) in [5, 5.41) is 6.31. The summed E-state index contributed by atoms with van der Waals surface area (Å²) < 4.78 is 5.73. The Morgan fingerprint density at radius 1 is 1.14 bits per heavy atom. The quantitative estimate of drug-likeness (QED) is 0.909. The van der Waals surface area contributed by atoms with Crippen molar-refractivity contribution in [2.24, 2.45) is 0 Å². The number of nitrogens with zero attached hydrogens (tertiary/aromatic N) is 1. The molecule has 5 nitrogen and oxygen atoms in total. The topological polar surface area (TPSA) is 63.2 Å². The molecule has 2 heterocycles. The molecular weight excluding hydrogens is 278 g/mol. The van der Waals surface area contributed by atoms with Crippen LogP contribution < -0.4 is 15.4 Å². The number of benzene rings is 1. The molecule has 0 atom stereocenters. The minimum atomic E-state index is -0.148. The number of ether oxygens (including phenoxy) is 1. The van der Waals surface area contributed by atoms with Crippen molar-refractivity contribution >= 4 is 5.91 Å². The third-order valence-corrected chi connectivity index (χ3v) is 3.62. The number of hydrogen-bond acceptors (Lipinski definition) is 4. The Morgan fingerprint density at radius 3 is 2.68 bits per heavy atom. The predicted molar refractivity (Wildman–Crippen MR) is 84.1 cm³/mol. The molecule has 2 N–H and O–H groups in total. The van der Waals surface area contributed by atoms with Crippen LogP contribution in [0.3, 0.4) is 0 Å². The molecule has 1 aliphatic heterocycles. The van der Waals surface area contributed by atoms with Crippen LogP contribution in [0.25, 0.3) is 0 Å². The average Bonchev–Trinajstić information content (AvgIpc) is 2.57. The smallest absolute Gasteiger partial charge is 0.270 e. The average molecular weight is 297 g/mol. The molecule has 5 heteroatoms. The van der Waals surface area contributed by atoms with E-state index in [9.17, 15) is 4.79 Å². The molecule has 0 radical (unpaired) electrons. The van der Waals surface area contributed by atoms with Crippen molar-refractivity contribution in [3.8, 4) is 11.5 Å². The lowest BCUT2D eigenvalue weighted by molar-refractivity contribution is 0.0924. The van der Waals surface area contributed by atoms with Gasteiger partial charge in [-0.15, -0.1) is 0 Å². The largest absolute Gasteiger partial charge is 0.457 e. The Morgan fingerprint density at radius 2 is 1.91 bits per heavy atom. The maximum Gasteiger partial charge on any atom is 0.270 e. The van der Waals surface area contributed by atoms with Crippen LogP contribution in [-0.2, 0) is 0 Å². The molecule has 0 saturated carbocycles. The fourth-order valence-corrected chi connectivity index (χ4v) is 2.45. The Bertz CT molecular complexity index is 625. The number of carbonyl (C=O) groups excluding carboxylic acids is 1. The summed E-state index contributed by atoms with van der Waals surface area (Å²) in [6.45, 7) is 1.88. The lowest BCUT2D eigenvalue weighted by atomic mass is 10.1. The van der Waals surface area contributed by atoms with Gasteiger partial charge in [0.15, 0.2) is 0 Å². The zero-order valence-electron chi connectivity index (χ0n) is 12.3. The molecule has 114 valence electrons. The monoisotopic (exact) mass is 297 g/mol. The second-order valence-corrected chi connectivity index (χ2v) is 5.29. The van der Waals surface area contributed by atoms with Crippen molar-refractivity contribution in [2.75, 3.05) is 13.1 Å². The van der Waals surface area contributed by atoms with Gasteiger partial charge in [0.25, 0.3) is 5.91 Å². The predicted octanol–water partition coefficient (Wildman–Crippen LogP) is 2.36. The van der Waals surface area contributed by atoms with Crippen LogP contribution in [0, 0.1) is 0 Å². The third-order valence-electron chi connectivity index (χ3n) is 3.62. The van der Waals surface area contributed by atoms with Gasteiger partial charge in [-0.2, -0.15) is 0 Å². The van der Waals surface area contributed by atoms with Crippen molar-refractivity contribution in [1.29, 1.82) is 0 Å². The minimum absolute atomic E-state index is 0.148. The number of amides is 1. The summed E-state index contributed by atoms with van der Waals surface area (Å²) in [5.41, 5.74) is 0.381. The van der Waals surface area contributed by atoms with Gasteiger partial charge in [-0.25, -0.2) is 0 Å². The number of nitrogens with one attached hydrogen (secondary N) is 2. The van der Waals surface area contributed by atoms with E-state index in [0.717, 1.165) is 31.7 Å². The Balaban J connectivity index is 1.66. The van der Waals surface area contributed by atoms with Crippen LogP contribution in [0.5, 0.6) is 11.5 Å². The maximum absolute atomic E-state index is 12.3. The van der Waals surface area contributed by atoms with Gasteiger partial charge >= 0.3 is 0 Å². The first-order valence-corrected chi connectivity index (χ1v) is 7.52. The zero-order chi connectivity index (χ0) is 15.2. The van der Waals surface area contributed by atoms with Crippen LogP contribution in [0.4, 0.5) is 0 Å². The lowest BCUT2D eigenvalue weighted by Crippen LogP contribution is -2.42. The fourth-order valence-electron chi connectivity index (χ4n) is 2.45. The van der Waals surface area contributed by atoms with E-state index in [1.807, 2.05) is 30.3 Å². The zero-order valence-corrected chi connectivity index (χ0v) is 12.3. The van der Waals surface area contributed by atoms with E-state index >= 15 is 0 Å². The summed E-state index contributed by atoms with van der Waals surface area (Å²) in [5.74, 6) is 1.19. The second-order valence-electron chi connectivity index (χ2n) is 5.29. The van der Waals surface area contributed by atoms with Gasteiger partial charge in [-0.05, 0) is 44.1 Å². The first-order chi connectivity index (χ1) is 10.8. The van der Waals surface area contributed by atoms with Crippen LogP contribution >= 0.6 is 0 Å². The van der Waals surface area contributed by atoms with E-state index in [-0.39, 0.29) is 11.9 Å². The van der Waals surface area contributed by atoms with E-state index < -0.39 is 0 Å². The van der Waals surface area contributed by atoms with Crippen molar-refractivity contribution in [3.05, 3.63) is 54.4 Å². The fraction of sp³-hybridized carbons (Fsp3) is 0.294. The van der Waals surface area contributed by atoms with E-state index in [0.29, 0.717) is 11.4 Å². The number of para-hydroxylation sites is 1. The van der Waals surface area contributed by atoms with E-state index in [2.05, 4.69) is 15.6 Å².